The Morgan fingerprint density at radius 3 is 2.67 bits per heavy atom. The molecule has 0 spiro atoms. The first-order chi connectivity index (χ1) is 9.77. The van der Waals surface area contributed by atoms with Gasteiger partial charge in [0.2, 0.25) is 10.0 Å². The fourth-order valence-electron chi connectivity index (χ4n) is 2.48. The van der Waals surface area contributed by atoms with Crippen molar-refractivity contribution in [3.05, 3.63) is 30.5 Å². The Bertz CT molecular complexity index is 755. The summed E-state index contributed by atoms with van der Waals surface area (Å²) in [5.41, 5.74) is 6.30. The lowest BCUT2D eigenvalue weighted by molar-refractivity contribution is 0.418. The zero-order valence-electron chi connectivity index (χ0n) is 12.6. The van der Waals surface area contributed by atoms with Crippen LogP contribution in [0.2, 0.25) is 0 Å². The molecule has 0 atom stereocenters. The lowest BCUT2D eigenvalue weighted by Crippen LogP contribution is -2.43. The summed E-state index contributed by atoms with van der Waals surface area (Å²) >= 11 is 0. The molecule has 21 heavy (non-hydrogen) atoms. The number of benzene rings is 1. The third-order valence-corrected chi connectivity index (χ3v) is 5.07. The average Bonchev–Trinajstić information content (AvgIpc) is 2.37. The Morgan fingerprint density at radius 1 is 1.29 bits per heavy atom. The summed E-state index contributed by atoms with van der Waals surface area (Å²) in [7, 11) is -3.65. The summed E-state index contributed by atoms with van der Waals surface area (Å²) < 4.78 is 28.1. The van der Waals surface area contributed by atoms with E-state index in [4.69, 9.17) is 5.73 Å². The van der Waals surface area contributed by atoms with E-state index in [1.165, 1.54) is 6.07 Å². The average molecular weight is 307 g/mol. The molecule has 3 N–H and O–H groups in total. The van der Waals surface area contributed by atoms with Gasteiger partial charge in [0.1, 0.15) is 4.90 Å². The molecule has 0 amide bonds. The molecule has 0 aliphatic rings. The largest absolute Gasteiger partial charge is 0.398 e. The maximum atomic E-state index is 12.7. The normalized spacial score (nSPS) is 12.7. The number of hydrogen-bond donors (Lipinski definition) is 2. The number of hydrogen-bond acceptors (Lipinski definition) is 4. The molecule has 1 heterocycles. The summed E-state index contributed by atoms with van der Waals surface area (Å²) in [6.45, 7) is 5.78. The molecule has 0 unspecified atom stereocenters. The predicted molar refractivity (Wildman–Crippen MR) is 85.5 cm³/mol. The first-order valence-corrected chi connectivity index (χ1v) is 8.42. The van der Waals surface area contributed by atoms with Gasteiger partial charge >= 0.3 is 0 Å². The highest BCUT2D eigenvalue weighted by molar-refractivity contribution is 7.89. The van der Waals surface area contributed by atoms with Crippen LogP contribution in [-0.2, 0) is 10.0 Å². The summed E-state index contributed by atoms with van der Waals surface area (Å²) in [6.07, 6.45) is 3.22. The molecule has 1 aromatic heterocycles. The second-order valence-electron chi connectivity index (χ2n) is 5.79. The van der Waals surface area contributed by atoms with Gasteiger partial charge in [-0.3, -0.25) is 4.98 Å². The van der Waals surface area contributed by atoms with Gasteiger partial charge in [-0.15, -0.1) is 0 Å². The van der Waals surface area contributed by atoms with Crippen molar-refractivity contribution >= 4 is 26.6 Å². The van der Waals surface area contributed by atoms with E-state index >= 15 is 0 Å². The number of pyridine rings is 1. The highest BCUT2D eigenvalue weighted by atomic mass is 32.2. The molecule has 0 fully saturated rings. The number of sulfonamides is 1. The minimum Gasteiger partial charge on any atom is -0.398 e. The number of rotatable bonds is 5. The lowest BCUT2D eigenvalue weighted by Gasteiger charge is -2.25. The first-order valence-electron chi connectivity index (χ1n) is 6.94. The summed E-state index contributed by atoms with van der Waals surface area (Å²) in [4.78, 5) is 4.35. The minimum atomic E-state index is -3.65. The molecule has 6 heteroatoms. The third kappa shape index (κ3) is 3.33. The van der Waals surface area contributed by atoms with Gasteiger partial charge in [-0.25, -0.2) is 13.1 Å². The molecule has 0 bridgehead atoms. The number of anilines is 1. The number of nitrogens with two attached hydrogens (primary N) is 1. The molecule has 2 rings (SSSR count). The molecular weight excluding hydrogens is 286 g/mol. The van der Waals surface area contributed by atoms with Crippen molar-refractivity contribution in [1.29, 1.82) is 0 Å². The Balaban J connectivity index is 2.54. The van der Waals surface area contributed by atoms with Crippen molar-refractivity contribution in [3.8, 4) is 0 Å². The van der Waals surface area contributed by atoms with E-state index in [1.807, 2.05) is 20.8 Å². The van der Waals surface area contributed by atoms with Crippen LogP contribution in [0.4, 0.5) is 5.69 Å². The predicted octanol–water partition coefficient (Wildman–Crippen LogP) is 2.67. The number of nitrogens with zero attached hydrogens (tertiary/aromatic N) is 1. The fourth-order valence-corrected chi connectivity index (χ4v) is 4.08. The molecular formula is C15H21N3O2S. The summed E-state index contributed by atoms with van der Waals surface area (Å²) in [5, 5.41) is 0.647. The molecule has 2 aromatic rings. The van der Waals surface area contributed by atoms with Crippen LogP contribution in [0.1, 0.15) is 33.6 Å². The van der Waals surface area contributed by atoms with Crippen LogP contribution in [0.15, 0.2) is 35.4 Å². The Morgan fingerprint density at radius 2 is 2.00 bits per heavy atom. The van der Waals surface area contributed by atoms with Gasteiger partial charge in [-0.05, 0) is 44.5 Å². The van der Waals surface area contributed by atoms with E-state index in [1.54, 1.807) is 24.4 Å². The molecule has 0 aliphatic heterocycles. The topological polar surface area (TPSA) is 85.1 Å². The fraction of sp³-hybridized carbons (Fsp3) is 0.400. The van der Waals surface area contributed by atoms with Crippen molar-refractivity contribution < 1.29 is 8.42 Å². The van der Waals surface area contributed by atoms with Crippen molar-refractivity contribution in [2.45, 2.75) is 44.0 Å². The maximum absolute atomic E-state index is 12.7. The van der Waals surface area contributed by atoms with Crippen molar-refractivity contribution in [2.24, 2.45) is 0 Å². The van der Waals surface area contributed by atoms with E-state index in [0.29, 0.717) is 16.6 Å². The van der Waals surface area contributed by atoms with Crippen LogP contribution in [0.25, 0.3) is 10.9 Å². The smallest absolute Gasteiger partial charge is 0.243 e. The highest BCUT2D eigenvalue weighted by Crippen LogP contribution is 2.27. The first kappa shape index (κ1) is 15.7. The second-order valence-corrected chi connectivity index (χ2v) is 7.44. The second kappa shape index (κ2) is 5.61. The van der Waals surface area contributed by atoms with Crippen LogP contribution in [0, 0.1) is 0 Å². The Kier molecular flexibility index (Phi) is 4.20. The lowest BCUT2D eigenvalue weighted by atomic mass is 10.0. The molecule has 1 aromatic carbocycles. The Labute approximate surface area is 125 Å². The van der Waals surface area contributed by atoms with Gasteiger partial charge in [0.25, 0.3) is 0 Å². The highest BCUT2D eigenvalue weighted by Gasteiger charge is 2.27. The molecule has 0 saturated carbocycles. The van der Waals surface area contributed by atoms with Crippen LogP contribution in [0.5, 0.6) is 0 Å². The monoisotopic (exact) mass is 307 g/mol. The van der Waals surface area contributed by atoms with Crippen LogP contribution >= 0.6 is 0 Å². The van der Waals surface area contributed by atoms with Crippen molar-refractivity contribution in [3.63, 3.8) is 0 Å². The SMILES string of the molecule is CCCC(C)(C)NS(=O)(=O)c1ccc(N)c2cccnc12. The van der Waals surface area contributed by atoms with E-state index in [9.17, 15) is 8.42 Å². The van der Waals surface area contributed by atoms with Gasteiger partial charge in [-0.2, -0.15) is 0 Å². The molecule has 0 radical (unpaired) electrons. The molecule has 0 aliphatic carbocycles. The van der Waals surface area contributed by atoms with Gasteiger partial charge in [-0.1, -0.05) is 13.3 Å². The van der Waals surface area contributed by atoms with Gasteiger partial charge in [0.15, 0.2) is 0 Å². The number of nitrogens with one attached hydrogen (secondary N) is 1. The quantitative estimate of drug-likeness (QED) is 0.832. The number of aromatic nitrogens is 1. The van der Waals surface area contributed by atoms with Gasteiger partial charge in [0.05, 0.1) is 5.52 Å². The number of nitrogen functional groups attached to an aromatic ring is 1. The Hall–Kier alpha value is -1.66. The zero-order chi connectivity index (χ0) is 15.7. The summed E-state index contributed by atoms with van der Waals surface area (Å²) in [5.74, 6) is 0. The van der Waals surface area contributed by atoms with Gasteiger partial charge in [0, 0.05) is 22.8 Å². The summed E-state index contributed by atoms with van der Waals surface area (Å²) in [6, 6.07) is 6.62. The molecule has 0 saturated heterocycles. The van der Waals surface area contributed by atoms with E-state index < -0.39 is 15.6 Å². The zero-order valence-corrected chi connectivity index (χ0v) is 13.4. The van der Waals surface area contributed by atoms with E-state index in [-0.39, 0.29) is 4.90 Å². The molecule has 5 nitrogen and oxygen atoms in total. The standard InChI is InChI=1S/C15H21N3O2S/c1-4-9-15(2,3)18-21(19,20)13-8-7-12(16)11-6-5-10-17-14(11)13/h5-8,10,18H,4,9,16H2,1-3H3. The number of fused-ring (bicyclic) bond motifs is 1. The van der Waals surface area contributed by atoms with Crippen molar-refractivity contribution in [1.82, 2.24) is 9.71 Å². The van der Waals surface area contributed by atoms with E-state index in [0.717, 1.165) is 12.8 Å². The maximum Gasteiger partial charge on any atom is 0.243 e. The third-order valence-electron chi connectivity index (χ3n) is 3.34. The van der Waals surface area contributed by atoms with Crippen LogP contribution < -0.4 is 10.5 Å². The molecule has 114 valence electrons. The van der Waals surface area contributed by atoms with Gasteiger partial charge < -0.3 is 5.73 Å². The van der Waals surface area contributed by atoms with Crippen LogP contribution in [-0.4, -0.2) is 18.9 Å². The van der Waals surface area contributed by atoms with Crippen LogP contribution in [0.3, 0.4) is 0 Å². The van der Waals surface area contributed by atoms with Crippen molar-refractivity contribution in [2.75, 3.05) is 5.73 Å². The van der Waals surface area contributed by atoms with E-state index in [2.05, 4.69) is 9.71 Å². The minimum absolute atomic E-state index is 0.163.